The van der Waals surface area contributed by atoms with Crippen LogP contribution in [0, 0.1) is 11.3 Å². The number of nitrogens with zero attached hydrogens (tertiary/aromatic N) is 3. The number of nitriles is 1. The maximum atomic E-state index is 12.7. The predicted octanol–water partition coefficient (Wildman–Crippen LogP) is 2.11. The summed E-state index contributed by atoms with van der Waals surface area (Å²) in [5.74, 6) is 0.0497. The van der Waals surface area contributed by atoms with Gasteiger partial charge in [0.05, 0.1) is 11.6 Å². The van der Waals surface area contributed by atoms with Crippen LogP contribution in [0.3, 0.4) is 0 Å². The average molecular weight is 271 g/mol. The molecule has 1 aliphatic rings. The van der Waals surface area contributed by atoms with Crippen LogP contribution in [0.2, 0.25) is 0 Å². The zero-order valence-electron chi connectivity index (χ0n) is 12.2. The number of rotatable bonds is 3. The smallest absolute Gasteiger partial charge is 0.254 e. The molecule has 1 atom stereocenters. The number of hydrogen-bond acceptors (Lipinski definition) is 3. The fraction of sp³-hybridized carbons (Fsp3) is 0.500. The molecule has 1 aromatic carbocycles. The zero-order chi connectivity index (χ0) is 14.5. The van der Waals surface area contributed by atoms with Gasteiger partial charge in [-0.15, -0.1) is 0 Å². The van der Waals surface area contributed by atoms with Crippen molar-refractivity contribution in [3.05, 3.63) is 35.4 Å². The van der Waals surface area contributed by atoms with E-state index in [1.54, 1.807) is 24.3 Å². The molecule has 1 aromatic rings. The molecule has 4 heteroatoms. The molecule has 2 rings (SSSR count). The van der Waals surface area contributed by atoms with Gasteiger partial charge in [0.2, 0.25) is 0 Å². The Morgan fingerprint density at radius 3 is 2.95 bits per heavy atom. The van der Waals surface area contributed by atoms with Gasteiger partial charge in [-0.1, -0.05) is 6.07 Å². The fourth-order valence-electron chi connectivity index (χ4n) is 2.77. The molecule has 0 aromatic heterocycles. The zero-order valence-corrected chi connectivity index (χ0v) is 12.2. The van der Waals surface area contributed by atoms with Gasteiger partial charge in [-0.25, -0.2) is 0 Å². The van der Waals surface area contributed by atoms with Crippen LogP contribution in [-0.2, 0) is 0 Å². The molecule has 1 aliphatic heterocycles. The Balaban J connectivity index is 2.18. The van der Waals surface area contributed by atoms with Crippen LogP contribution in [0.5, 0.6) is 0 Å². The maximum Gasteiger partial charge on any atom is 0.254 e. The van der Waals surface area contributed by atoms with E-state index in [1.165, 1.54) is 6.42 Å². The Morgan fingerprint density at radius 2 is 2.25 bits per heavy atom. The third-order valence-electron chi connectivity index (χ3n) is 3.70. The quantitative estimate of drug-likeness (QED) is 0.846. The van der Waals surface area contributed by atoms with E-state index in [2.05, 4.69) is 11.0 Å². The highest BCUT2D eigenvalue weighted by Crippen LogP contribution is 2.20. The van der Waals surface area contributed by atoms with Gasteiger partial charge in [0.15, 0.2) is 0 Å². The first-order chi connectivity index (χ1) is 9.61. The molecule has 0 aliphatic carbocycles. The van der Waals surface area contributed by atoms with Crippen molar-refractivity contribution < 1.29 is 4.79 Å². The molecule has 1 unspecified atom stereocenters. The van der Waals surface area contributed by atoms with Crippen LogP contribution >= 0.6 is 0 Å². The second-order valence-corrected chi connectivity index (χ2v) is 5.60. The van der Waals surface area contributed by atoms with Crippen molar-refractivity contribution in [2.45, 2.75) is 25.3 Å². The minimum absolute atomic E-state index is 0.0497. The van der Waals surface area contributed by atoms with Crippen molar-refractivity contribution >= 4 is 5.91 Å². The van der Waals surface area contributed by atoms with Gasteiger partial charge in [-0.3, -0.25) is 4.79 Å². The van der Waals surface area contributed by atoms with E-state index in [4.69, 9.17) is 5.26 Å². The first-order valence-electron chi connectivity index (χ1n) is 7.07. The largest absolute Gasteiger partial charge is 0.334 e. The lowest BCUT2D eigenvalue weighted by Gasteiger charge is -2.37. The van der Waals surface area contributed by atoms with Gasteiger partial charge in [0, 0.05) is 24.7 Å². The van der Waals surface area contributed by atoms with Crippen molar-refractivity contribution in [1.82, 2.24) is 9.80 Å². The molecule has 4 nitrogen and oxygen atoms in total. The highest BCUT2D eigenvalue weighted by Gasteiger charge is 2.27. The minimum Gasteiger partial charge on any atom is -0.334 e. The SMILES string of the molecule is CN(C)CC1CCCCN1C(=O)c1cccc(C#N)c1. The summed E-state index contributed by atoms with van der Waals surface area (Å²) in [6.07, 6.45) is 3.30. The van der Waals surface area contributed by atoms with E-state index >= 15 is 0 Å². The number of carbonyl (C=O) groups is 1. The summed E-state index contributed by atoms with van der Waals surface area (Å²) >= 11 is 0. The van der Waals surface area contributed by atoms with Gasteiger partial charge in [0.1, 0.15) is 0 Å². The maximum absolute atomic E-state index is 12.7. The molecule has 0 N–H and O–H groups in total. The van der Waals surface area contributed by atoms with E-state index in [0.29, 0.717) is 11.1 Å². The monoisotopic (exact) mass is 271 g/mol. The molecular weight excluding hydrogens is 250 g/mol. The van der Waals surface area contributed by atoms with Crippen molar-refractivity contribution in [1.29, 1.82) is 5.26 Å². The number of piperidine rings is 1. The van der Waals surface area contributed by atoms with E-state index < -0.39 is 0 Å². The predicted molar refractivity (Wildman–Crippen MR) is 78.4 cm³/mol. The third kappa shape index (κ3) is 3.37. The van der Waals surface area contributed by atoms with Crippen LogP contribution in [0.25, 0.3) is 0 Å². The van der Waals surface area contributed by atoms with Crippen molar-refractivity contribution in [3.8, 4) is 6.07 Å². The molecule has 1 amide bonds. The van der Waals surface area contributed by atoms with Crippen molar-refractivity contribution in [3.63, 3.8) is 0 Å². The molecule has 20 heavy (non-hydrogen) atoms. The average Bonchev–Trinajstić information content (AvgIpc) is 2.46. The van der Waals surface area contributed by atoms with Gasteiger partial charge < -0.3 is 9.80 Å². The third-order valence-corrected chi connectivity index (χ3v) is 3.70. The Bertz CT molecular complexity index is 519. The lowest BCUT2D eigenvalue weighted by molar-refractivity contribution is 0.0574. The Kier molecular flexibility index (Phi) is 4.75. The number of likely N-dealkylation sites (N-methyl/N-ethyl adjacent to an activating group) is 1. The molecule has 0 saturated carbocycles. The summed E-state index contributed by atoms with van der Waals surface area (Å²) in [6.45, 7) is 1.71. The molecule has 0 spiro atoms. The van der Waals surface area contributed by atoms with Crippen LogP contribution in [0.15, 0.2) is 24.3 Å². The number of likely N-dealkylation sites (tertiary alicyclic amines) is 1. The summed E-state index contributed by atoms with van der Waals surface area (Å²) in [5, 5.41) is 8.94. The highest BCUT2D eigenvalue weighted by molar-refractivity contribution is 5.94. The Labute approximate surface area is 120 Å². The molecule has 0 radical (unpaired) electrons. The van der Waals surface area contributed by atoms with Crippen molar-refractivity contribution in [2.75, 3.05) is 27.2 Å². The Hall–Kier alpha value is -1.86. The number of carbonyl (C=O) groups excluding carboxylic acids is 1. The first-order valence-corrected chi connectivity index (χ1v) is 7.07. The van der Waals surface area contributed by atoms with Gasteiger partial charge in [-0.05, 0) is 51.6 Å². The summed E-state index contributed by atoms with van der Waals surface area (Å²) in [4.78, 5) is 16.8. The van der Waals surface area contributed by atoms with Gasteiger partial charge >= 0.3 is 0 Å². The van der Waals surface area contributed by atoms with Crippen LogP contribution in [-0.4, -0.2) is 48.9 Å². The Morgan fingerprint density at radius 1 is 1.45 bits per heavy atom. The van der Waals surface area contributed by atoms with Crippen molar-refractivity contribution in [2.24, 2.45) is 0 Å². The standard InChI is InChI=1S/C16H21N3O/c1-18(2)12-15-8-3-4-9-19(15)16(20)14-7-5-6-13(10-14)11-17/h5-7,10,15H,3-4,8-9,12H2,1-2H3. The number of amides is 1. The summed E-state index contributed by atoms with van der Waals surface area (Å²) in [7, 11) is 4.07. The second-order valence-electron chi connectivity index (χ2n) is 5.60. The number of benzene rings is 1. The molecule has 1 saturated heterocycles. The first kappa shape index (κ1) is 14.5. The lowest BCUT2D eigenvalue weighted by Crippen LogP contribution is -2.48. The summed E-state index contributed by atoms with van der Waals surface area (Å²) in [5.41, 5.74) is 1.16. The summed E-state index contributed by atoms with van der Waals surface area (Å²) < 4.78 is 0. The summed E-state index contributed by atoms with van der Waals surface area (Å²) in [6, 6.07) is 9.35. The molecule has 106 valence electrons. The van der Waals surface area contributed by atoms with Gasteiger partial charge in [-0.2, -0.15) is 5.26 Å². The minimum atomic E-state index is 0.0497. The van der Waals surface area contributed by atoms with E-state index in [-0.39, 0.29) is 11.9 Å². The topological polar surface area (TPSA) is 47.3 Å². The lowest BCUT2D eigenvalue weighted by atomic mass is 10.00. The van der Waals surface area contributed by atoms with E-state index in [0.717, 1.165) is 25.9 Å². The van der Waals surface area contributed by atoms with E-state index in [9.17, 15) is 4.79 Å². The van der Waals surface area contributed by atoms with E-state index in [1.807, 2.05) is 19.0 Å². The molecule has 0 bridgehead atoms. The van der Waals surface area contributed by atoms with Crippen LogP contribution < -0.4 is 0 Å². The fourth-order valence-corrected chi connectivity index (χ4v) is 2.77. The van der Waals surface area contributed by atoms with Crippen LogP contribution in [0.1, 0.15) is 35.2 Å². The number of hydrogen-bond donors (Lipinski definition) is 0. The highest BCUT2D eigenvalue weighted by atomic mass is 16.2. The molecular formula is C16H21N3O. The molecule has 1 fully saturated rings. The molecule has 1 heterocycles. The second kappa shape index (κ2) is 6.53. The van der Waals surface area contributed by atoms with Crippen LogP contribution in [0.4, 0.5) is 0 Å². The normalized spacial score (nSPS) is 18.9. The van der Waals surface area contributed by atoms with Gasteiger partial charge in [0.25, 0.3) is 5.91 Å².